The van der Waals surface area contributed by atoms with Gasteiger partial charge in [0.2, 0.25) is 11.8 Å². The summed E-state index contributed by atoms with van der Waals surface area (Å²) in [4.78, 5) is 28.5. The molecule has 11 heteroatoms. The number of halogens is 3. The zero-order valence-corrected chi connectivity index (χ0v) is 25.8. The molecule has 0 heterocycles. The first-order valence-electron chi connectivity index (χ1n) is 12.7. The largest absolute Gasteiger partial charge is 0.352 e. The first-order valence-corrected chi connectivity index (χ1v) is 15.3. The van der Waals surface area contributed by atoms with E-state index in [-0.39, 0.29) is 29.1 Å². The topological polar surface area (TPSA) is 86.8 Å². The average Bonchev–Trinajstić information content (AvgIpc) is 2.92. The van der Waals surface area contributed by atoms with Crippen molar-refractivity contribution in [3.05, 3.63) is 92.9 Å². The van der Waals surface area contributed by atoms with Crippen LogP contribution in [-0.2, 0) is 26.2 Å². The molecule has 214 valence electrons. The quantitative estimate of drug-likeness (QED) is 0.265. The number of rotatable bonds is 11. The monoisotopic (exact) mass is 623 g/mol. The van der Waals surface area contributed by atoms with Crippen LogP contribution in [0.2, 0.25) is 15.1 Å². The summed E-state index contributed by atoms with van der Waals surface area (Å²) >= 11 is 18.7. The Hall–Kier alpha value is -2.78. The maximum absolute atomic E-state index is 14.0. The highest BCUT2D eigenvalue weighted by Crippen LogP contribution is 2.30. The van der Waals surface area contributed by atoms with Crippen LogP contribution in [0.4, 0.5) is 5.69 Å². The molecule has 0 saturated heterocycles. The van der Waals surface area contributed by atoms with E-state index in [2.05, 4.69) is 5.32 Å². The Morgan fingerprint density at radius 2 is 1.55 bits per heavy atom. The van der Waals surface area contributed by atoms with Crippen LogP contribution in [0.25, 0.3) is 0 Å². The Balaban J connectivity index is 2.08. The number of carbonyl (C=O) groups excluding carboxylic acids is 2. The second-order valence-electron chi connectivity index (χ2n) is 9.51. The molecule has 1 N–H and O–H groups in total. The third-order valence-corrected chi connectivity index (χ3v) is 9.17. The smallest absolute Gasteiger partial charge is 0.264 e. The van der Waals surface area contributed by atoms with Gasteiger partial charge in [-0.05, 0) is 74.7 Å². The van der Waals surface area contributed by atoms with Crippen molar-refractivity contribution in [2.45, 2.75) is 57.6 Å². The predicted octanol–water partition coefficient (Wildman–Crippen LogP) is 6.48. The summed E-state index contributed by atoms with van der Waals surface area (Å²) in [5.41, 5.74) is 1.41. The fraction of sp³-hybridized carbons (Fsp3) is 0.310. The summed E-state index contributed by atoms with van der Waals surface area (Å²) in [5, 5.41) is 3.95. The van der Waals surface area contributed by atoms with E-state index in [4.69, 9.17) is 34.8 Å². The van der Waals surface area contributed by atoms with Crippen LogP contribution in [-0.4, -0.2) is 43.8 Å². The number of sulfonamides is 1. The van der Waals surface area contributed by atoms with Crippen molar-refractivity contribution in [3.8, 4) is 0 Å². The predicted molar refractivity (Wildman–Crippen MR) is 162 cm³/mol. The van der Waals surface area contributed by atoms with Gasteiger partial charge in [-0.3, -0.25) is 13.9 Å². The van der Waals surface area contributed by atoms with E-state index in [1.807, 2.05) is 13.8 Å². The molecule has 0 spiro atoms. The number of aryl methyl sites for hydroxylation is 1. The van der Waals surface area contributed by atoms with E-state index < -0.39 is 28.5 Å². The molecule has 0 radical (unpaired) electrons. The molecule has 40 heavy (non-hydrogen) atoms. The Kier molecular flexibility index (Phi) is 10.9. The summed E-state index contributed by atoms with van der Waals surface area (Å²) in [5.74, 6) is -0.971. The second kappa shape index (κ2) is 13.7. The molecule has 0 bridgehead atoms. The fourth-order valence-electron chi connectivity index (χ4n) is 3.97. The number of benzene rings is 3. The summed E-state index contributed by atoms with van der Waals surface area (Å²) in [6, 6.07) is 16.5. The number of amides is 2. The highest BCUT2D eigenvalue weighted by Gasteiger charge is 2.33. The maximum atomic E-state index is 14.0. The van der Waals surface area contributed by atoms with Crippen molar-refractivity contribution in [3.63, 3.8) is 0 Å². The highest BCUT2D eigenvalue weighted by atomic mass is 35.5. The molecule has 3 rings (SSSR count). The van der Waals surface area contributed by atoms with Gasteiger partial charge in [0.25, 0.3) is 10.0 Å². The Morgan fingerprint density at radius 1 is 0.925 bits per heavy atom. The van der Waals surface area contributed by atoms with E-state index in [1.165, 1.54) is 23.1 Å². The van der Waals surface area contributed by atoms with Gasteiger partial charge in [0.15, 0.2) is 0 Å². The van der Waals surface area contributed by atoms with Crippen molar-refractivity contribution >= 4 is 62.3 Å². The molecule has 0 aliphatic rings. The molecule has 3 aromatic rings. The van der Waals surface area contributed by atoms with Crippen LogP contribution < -0.4 is 9.62 Å². The van der Waals surface area contributed by atoms with Crippen LogP contribution in [0, 0.1) is 6.92 Å². The Morgan fingerprint density at radius 3 is 2.17 bits per heavy atom. The minimum atomic E-state index is -4.19. The fourth-order valence-corrected chi connectivity index (χ4v) is 6.09. The highest BCUT2D eigenvalue weighted by molar-refractivity contribution is 7.92. The number of nitrogens with one attached hydrogen (secondary N) is 1. The Labute approximate surface area is 251 Å². The lowest BCUT2D eigenvalue weighted by Gasteiger charge is -2.33. The molecule has 0 aliphatic heterocycles. The first-order chi connectivity index (χ1) is 18.8. The van der Waals surface area contributed by atoms with Crippen LogP contribution in [0.3, 0.4) is 0 Å². The molecule has 2 amide bonds. The number of anilines is 1. The van der Waals surface area contributed by atoms with E-state index in [0.29, 0.717) is 32.6 Å². The first kappa shape index (κ1) is 31.7. The normalized spacial score (nSPS) is 12.9. The molecule has 0 saturated carbocycles. The summed E-state index contributed by atoms with van der Waals surface area (Å²) in [7, 11) is -4.19. The summed E-state index contributed by atoms with van der Waals surface area (Å²) < 4.78 is 28.8. The number of nitrogens with zero attached hydrogens (tertiary/aromatic N) is 2. The molecular formula is C29H32Cl3N3O4S. The molecule has 0 aromatic heterocycles. The minimum Gasteiger partial charge on any atom is -0.352 e. The molecule has 7 nitrogen and oxygen atoms in total. The van der Waals surface area contributed by atoms with Crippen molar-refractivity contribution in [1.29, 1.82) is 0 Å². The van der Waals surface area contributed by atoms with Crippen molar-refractivity contribution in [2.24, 2.45) is 0 Å². The van der Waals surface area contributed by atoms with Crippen molar-refractivity contribution in [2.75, 3.05) is 10.8 Å². The van der Waals surface area contributed by atoms with E-state index in [9.17, 15) is 18.0 Å². The molecular weight excluding hydrogens is 593 g/mol. The molecule has 0 fully saturated rings. The minimum absolute atomic E-state index is 0.0111. The maximum Gasteiger partial charge on any atom is 0.264 e. The number of hydrogen-bond acceptors (Lipinski definition) is 4. The third kappa shape index (κ3) is 7.69. The van der Waals surface area contributed by atoms with E-state index >= 15 is 0 Å². The zero-order valence-electron chi connectivity index (χ0n) is 22.7. The Bertz CT molecular complexity index is 1470. The molecule has 0 unspecified atom stereocenters. The zero-order chi connectivity index (χ0) is 29.6. The van der Waals surface area contributed by atoms with Crippen LogP contribution in [0.1, 0.15) is 38.3 Å². The number of carbonyl (C=O) groups is 2. The van der Waals surface area contributed by atoms with Gasteiger partial charge >= 0.3 is 0 Å². The molecule has 2 atom stereocenters. The lowest BCUT2D eigenvalue weighted by Crippen LogP contribution is -2.52. The van der Waals surface area contributed by atoms with Gasteiger partial charge in [-0.15, -0.1) is 0 Å². The lowest BCUT2D eigenvalue weighted by atomic mass is 10.1. The van der Waals surface area contributed by atoms with Gasteiger partial charge in [0.1, 0.15) is 12.6 Å². The van der Waals surface area contributed by atoms with Gasteiger partial charge in [0.05, 0.1) is 10.6 Å². The van der Waals surface area contributed by atoms with Crippen LogP contribution in [0.5, 0.6) is 0 Å². The van der Waals surface area contributed by atoms with Gasteiger partial charge in [-0.2, -0.15) is 0 Å². The SMILES string of the molecule is CC[C@H](C)NC(=O)[C@@H](C)N(Cc1ccc(Cl)cc1Cl)C(=O)CN(c1cc(Cl)ccc1C)S(=O)(=O)c1ccccc1. The summed E-state index contributed by atoms with van der Waals surface area (Å²) in [6.07, 6.45) is 0.701. The molecule has 0 aliphatic carbocycles. The molecule has 3 aromatic carbocycles. The standard InChI is InChI=1S/C29H32Cl3N3O4S/c1-5-20(3)33-29(37)21(4)34(17-22-12-14-23(30)15-26(22)32)28(36)18-35(27-16-24(31)13-11-19(27)2)40(38,39)25-9-7-6-8-10-25/h6-16,20-21H,5,17-18H2,1-4H3,(H,33,37)/t20-,21+/m0/s1. The van der Waals surface area contributed by atoms with Gasteiger partial charge < -0.3 is 10.2 Å². The van der Waals surface area contributed by atoms with Gasteiger partial charge in [-0.25, -0.2) is 8.42 Å². The van der Waals surface area contributed by atoms with Crippen LogP contribution >= 0.6 is 34.8 Å². The van der Waals surface area contributed by atoms with Crippen molar-refractivity contribution < 1.29 is 18.0 Å². The van der Waals surface area contributed by atoms with Gasteiger partial charge in [0, 0.05) is 27.7 Å². The van der Waals surface area contributed by atoms with Crippen molar-refractivity contribution in [1.82, 2.24) is 10.2 Å². The van der Waals surface area contributed by atoms with E-state index in [1.54, 1.807) is 62.4 Å². The lowest BCUT2D eigenvalue weighted by molar-refractivity contribution is -0.139. The van der Waals surface area contributed by atoms with E-state index in [0.717, 1.165) is 4.31 Å². The number of hydrogen-bond donors (Lipinski definition) is 1. The average molecular weight is 625 g/mol. The van der Waals surface area contributed by atoms with Crippen LogP contribution in [0.15, 0.2) is 71.6 Å². The second-order valence-corrected chi connectivity index (χ2v) is 12.6. The third-order valence-electron chi connectivity index (χ3n) is 6.57. The van der Waals surface area contributed by atoms with Gasteiger partial charge in [-0.1, -0.05) is 72.1 Å². The summed E-state index contributed by atoms with van der Waals surface area (Å²) in [6.45, 7) is 6.51.